The summed E-state index contributed by atoms with van der Waals surface area (Å²) in [5.74, 6) is 0. The molecule has 9 aromatic carbocycles. The van der Waals surface area contributed by atoms with E-state index in [9.17, 15) is 0 Å². The van der Waals surface area contributed by atoms with Crippen molar-refractivity contribution in [3.63, 3.8) is 0 Å². The summed E-state index contributed by atoms with van der Waals surface area (Å²) in [6.07, 6.45) is 0. The Hall–Kier alpha value is -6.46. The minimum absolute atomic E-state index is 1.15. The van der Waals surface area contributed by atoms with E-state index in [0.717, 1.165) is 22.7 Å². The van der Waals surface area contributed by atoms with Crippen molar-refractivity contribution < 1.29 is 0 Å². The van der Waals surface area contributed by atoms with Gasteiger partial charge in [-0.15, -0.1) is 22.7 Å². The van der Waals surface area contributed by atoms with E-state index >= 15 is 0 Å². The fraction of sp³-hybridized carbons (Fsp3) is 0.0385. The SMILES string of the molecule is Cc1ccccc1N(c1ccccc1)c1ccc2c(ccc3c4cc5c(cc4sc23)sc2c3ccc(N(c4ccccc4)c4ccccc4C)cc3ccc52)c1. The van der Waals surface area contributed by atoms with Crippen LogP contribution >= 0.6 is 22.7 Å². The Morgan fingerprint density at radius 3 is 1.18 bits per heavy atom. The van der Waals surface area contributed by atoms with Gasteiger partial charge < -0.3 is 9.80 Å². The minimum Gasteiger partial charge on any atom is -0.310 e. The summed E-state index contributed by atoms with van der Waals surface area (Å²) in [5.41, 5.74) is 9.50. The predicted octanol–water partition coefficient (Wildman–Crippen LogP) is 16.3. The number of anilines is 6. The summed E-state index contributed by atoms with van der Waals surface area (Å²) in [5, 5.41) is 10.4. The van der Waals surface area contributed by atoms with E-state index in [1.165, 1.54) is 84.4 Å². The summed E-state index contributed by atoms with van der Waals surface area (Å²) in [6.45, 7) is 4.37. The van der Waals surface area contributed by atoms with Crippen LogP contribution in [0.4, 0.5) is 34.1 Å². The number of fused-ring (bicyclic) bond motifs is 10. The molecule has 0 radical (unpaired) electrons. The van der Waals surface area contributed by atoms with Crippen molar-refractivity contribution in [2.75, 3.05) is 9.80 Å². The molecule has 0 aliphatic rings. The quantitative estimate of drug-likeness (QED) is 0.167. The van der Waals surface area contributed by atoms with Crippen LogP contribution in [0.2, 0.25) is 0 Å². The van der Waals surface area contributed by atoms with Crippen LogP contribution in [-0.4, -0.2) is 0 Å². The average molecular weight is 753 g/mol. The average Bonchev–Trinajstić information content (AvgIpc) is 3.80. The molecule has 0 N–H and O–H groups in total. The highest BCUT2D eigenvalue weighted by atomic mass is 32.1. The third-order valence-corrected chi connectivity index (χ3v) is 13.7. The number of hydrogen-bond donors (Lipinski definition) is 0. The van der Waals surface area contributed by atoms with Crippen molar-refractivity contribution in [1.82, 2.24) is 0 Å². The lowest BCUT2D eigenvalue weighted by atomic mass is 10.0. The van der Waals surface area contributed by atoms with E-state index in [1.54, 1.807) is 0 Å². The number of hydrogen-bond acceptors (Lipinski definition) is 4. The van der Waals surface area contributed by atoms with Gasteiger partial charge in [-0.3, -0.25) is 0 Å². The summed E-state index contributed by atoms with van der Waals surface area (Å²) in [6, 6.07) is 66.7. The van der Waals surface area contributed by atoms with Gasteiger partial charge in [0.2, 0.25) is 0 Å². The third-order valence-electron chi connectivity index (χ3n) is 11.3. The number of para-hydroxylation sites is 4. The number of nitrogens with zero attached hydrogens (tertiary/aromatic N) is 2. The van der Waals surface area contributed by atoms with Gasteiger partial charge in [0.05, 0.1) is 0 Å². The highest BCUT2D eigenvalue weighted by molar-refractivity contribution is 7.29. The fourth-order valence-corrected chi connectivity index (χ4v) is 11.1. The zero-order chi connectivity index (χ0) is 37.3. The van der Waals surface area contributed by atoms with Gasteiger partial charge >= 0.3 is 0 Å². The molecule has 0 unspecified atom stereocenters. The Morgan fingerprint density at radius 1 is 0.321 bits per heavy atom. The number of thiophene rings is 2. The van der Waals surface area contributed by atoms with Gasteiger partial charge in [-0.2, -0.15) is 0 Å². The number of aryl methyl sites for hydroxylation is 2. The van der Waals surface area contributed by atoms with Gasteiger partial charge in [0.1, 0.15) is 0 Å². The Kier molecular flexibility index (Phi) is 7.70. The van der Waals surface area contributed by atoms with Crippen LogP contribution in [0.3, 0.4) is 0 Å². The van der Waals surface area contributed by atoms with Crippen molar-refractivity contribution in [1.29, 1.82) is 0 Å². The van der Waals surface area contributed by atoms with Crippen LogP contribution < -0.4 is 9.80 Å². The molecular weight excluding hydrogens is 717 g/mol. The molecule has 0 atom stereocenters. The highest BCUT2D eigenvalue weighted by Crippen LogP contribution is 2.47. The summed E-state index contributed by atoms with van der Waals surface area (Å²) in [7, 11) is 0. The van der Waals surface area contributed by atoms with Gasteiger partial charge in [-0.1, -0.05) is 109 Å². The van der Waals surface area contributed by atoms with Crippen LogP contribution in [0.5, 0.6) is 0 Å². The topological polar surface area (TPSA) is 6.48 Å². The molecule has 0 aliphatic heterocycles. The Morgan fingerprint density at radius 2 is 0.732 bits per heavy atom. The predicted molar refractivity (Wildman–Crippen MR) is 246 cm³/mol. The second-order valence-electron chi connectivity index (χ2n) is 14.7. The van der Waals surface area contributed by atoms with Crippen LogP contribution in [-0.2, 0) is 0 Å². The number of rotatable bonds is 6. The number of benzene rings is 9. The van der Waals surface area contributed by atoms with Crippen LogP contribution in [0.25, 0.3) is 61.9 Å². The summed E-state index contributed by atoms with van der Waals surface area (Å²) in [4.78, 5) is 4.74. The van der Waals surface area contributed by atoms with E-state index < -0.39 is 0 Å². The Labute approximate surface area is 333 Å². The third kappa shape index (κ3) is 5.29. The van der Waals surface area contributed by atoms with E-state index in [1.807, 2.05) is 22.7 Å². The second kappa shape index (κ2) is 13.1. The molecule has 0 amide bonds. The van der Waals surface area contributed by atoms with E-state index in [-0.39, 0.29) is 0 Å². The van der Waals surface area contributed by atoms with Crippen molar-refractivity contribution in [3.8, 4) is 0 Å². The largest absolute Gasteiger partial charge is 0.310 e. The summed E-state index contributed by atoms with van der Waals surface area (Å²) < 4.78 is 5.38. The lowest BCUT2D eigenvalue weighted by Crippen LogP contribution is -2.11. The maximum atomic E-state index is 2.45. The monoisotopic (exact) mass is 752 g/mol. The molecule has 0 aliphatic carbocycles. The van der Waals surface area contributed by atoms with Crippen LogP contribution in [0.1, 0.15) is 11.1 Å². The van der Waals surface area contributed by atoms with E-state index in [0.29, 0.717) is 0 Å². The molecule has 0 bridgehead atoms. The summed E-state index contributed by atoms with van der Waals surface area (Å²) >= 11 is 3.84. The second-order valence-corrected chi connectivity index (χ2v) is 16.8. The zero-order valence-corrected chi connectivity index (χ0v) is 32.7. The standard InChI is InChI=1S/C52H36N2S2/c1-33-13-9-11-19-47(33)53(37-15-5-3-6-16-37)39-23-27-41-35(29-39)21-25-43-45-31-46-44-26-22-36-30-40(24-28-42(36)52(44)56-50(46)32-49(45)55-51(41)43)54(38-17-7-4-8-18-38)48-20-12-10-14-34(48)2/h3-32H,1-2H3. The molecule has 11 rings (SSSR count). The normalized spacial score (nSPS) is 11.8. The van der Waals surface area contributed by atoms with Crippen molar-refractivity contribution in [2.45, 2.75) is 13.8 Å². The van der Waals surface area contributed by atoms with Crippen molar-refractivity contribution in [2.24, 2.45) is 0 Å². The maximum Gasteiger partial charge on any atom is 0.0490 e. The van der Waals surface area contributed by atoms with E-state index in [2.05, 4.69) is 206 Å². The smallest absolute Gasteiger partial charge is 0.0490 e. The molecule has 2 aromatic heterocycles. The molecule has 0 spiro atoms. The lowest BCUT2D eigenvalue weighted by Gasteiger charge is -2.27. The molecule has 266 valence electrons. The Balaban J connectivity index is 1.02. The molecular formula is C52H36N2S2. The first kappa shape index (κ1) is 32.9. The van der Waals surface area contributed by atoms with Crippen molar-refractivity contribution in [3.05, 3.63) is 193 Å². The molecule has 11 aromatic rings. The lowest BCUT2D eigenvalue weighted by molar-refractivity contribution is 1.25. The van der Waals surface area contributed by atoms with Crippen molar-refractivity contribution >= 4 is 119 Å². The molecule has 2 heterocycles. The zero-order valence-electron chi connectivity index (χ0n) is 31.0. The minimum atomic E-state index is 1.15. The molecule has 2 nitrogen and oxygen atoms in total. The Bertz CT molecular complexity index is 3070. The van der Waals surface area contributed by atoms with Gasteiger partial charge in [-0.25, -0.2) is 0 Å². The molecule has 56 heavy (non-hydrogen) atoms. The molecule has 0 saturated heterocycles. The van der Waals surface area contributed by atoms with Gasteiger partial charge in [-0.05, 0) is 119 Å². The molecule has 4 heteroatoms. The van der Waals surface area contributed by atoms with Crippen LogP contribution in [0, 0.1) is 13.8 Å². The van der Waals surface area contributed by atoms with Crippen LogP contribution in [0.15, 0.2) is 182 Å². The van der Waals surface area contributed by atoms with Gasteiger partial charge in [0.25, 0.3) is 0 Å². The fourth-order valence-electron chi connectivity index (χ4n) is 8.51. The van der Waals surface area contributed by atoms with Gasteiger partial charge in [0.15, 0.2) is 0 Å². The van der Waals surface area contributed by atoms with Gasteiger partial charge in [0, 0.05) is 74.5 Å². The van der Waals surface area contributed by atoms with E-state index in [4.69, 9.17) is 0 Å². The first-order valence-corrected chi connectivity index (χ1v) is 20.7. The highest BCUT2D eigenvalue weighted by Gasteiger charge is 2.19. The molecule has 0 fully saturated rings. The first-order valence-electron chi connectivity index (χ1n) is 19.1. The maximum absolute atomic E-state index is 2.45. The molecule has 0 saturated carbocycles. The first-order chi connectivity index (χ1) is 27.6.